The molecule has 0 unspecified atom stereocenters. The monoisotopic (exact) mass is 272 g/mol. The number of carbonyl (C=O) groups excluding carboxylic acids is 2. The van der Waals surface area contributed by atoms with Crippen LogP contribution in [-0.2, 0) is 14.4 Å². The zero-order valence-corrected chi connectivity index (χ0v) is 10.7. The van der Waals surface area contributed by atoms with Gasteiger partial charge in [0, 0.05) is 6.04 Å². The van der Waals surface area contributed by atoms with E-state index in [1.807, 2.05) is 0 Å². The van der Waals surface area contributed by atoms with Gasteiger partial charge in [-0.25, -0.2) is 0 Å². The molecule has 18 heavy (non-hydrogen) atoms. The highest BCUT2D eigenvalue weighted by Gasteiger charge is 2.31. The van der Waals surface area contributed by atoms with E-state index in [0.29, 0.717) is 30.9 Å². The summed E-state index contributed by atoms with van der Waals surface area (Å²) in [5.41, 5.74) is 0. The van der Waals surface area contributed by atoms with Crippen molar-refractivity contribution in [3.8, 4) is 0 Å². The molecular weight excluding hydrogens is 256 g/mol. The van der Waals surface area contributed by atoms with Crippen LogP contribution < -0.4 is 5.32 Å². The van der Waals surface area contributed by atoms with E-state index in [-0.39, 0.29) is 30.3 Å². The average molecular weight is 272 g/mol. The first kappa shape index (κ1) is 13.2. The number of amides is 2. The van der Waals surface area contributed by atoms with Crippen LogP contribution in [0.2, 0.25) is 0 Å². The summed E-state index contributed by atoms with van der Waals surface area (Å²) in [5, 5.41) is 11.7. The molecular formula is C11H16N2O4S. The standard InChI is InChI=1S/C11H16N2O4S/c14-9(4-13-6-18-5-10(13)15)12-8-2-1-7(3-8)11(16)17/h7-8H,1-6H2,(H,12,14)(H,16,17)/t7-,8+/m1/s1. The lowest BCUT2D eigenvalue weighted by Crippen LogP contribution is -2.42. The molecule has 0 aromatic carbocycles. The second-order valence-corrected chi connectivity index (χ2v) is 5.64. The Morgan fingerprint density at radius 3 is 2.78 bits per heavy atom. The highest BCUT2D eigenvalue weighted by Crippen LogP contribution is 2.25. The van der Waals surface area contributed by atoms with Crippen LogP contribution >= 0.6 is 11.8 Å². The highest BCUT2D eigenvalue weighted by molar-refractivity contribution is 8.00. The summed E-state index contributed by atoms with van der Waals surface area (Å²) >= 11 is 1.50. The molecule has 2 rings (SSSR count). The molecule has 1 saturated carbocycles. The van der Waals surface area contributed by atoms with Crippen LogP contribution in [0.15, 0.2) is 0 Å². The Kier molecular flexibility index (Phi) is 4.11. The Balaban J connectivity index is 1.75. The minimum absolute atomic E-state index is 0.00927. The topological polar surface area (TPSA) is 86.7 Å². The van der Waals surface area contributed by atoms with Crippen LogP contribution in [0, 0.1) is 5.92 Å². The lowest BCUT2D eigenvalue weighted by atomic mass is 10.1. The number of rotatable bonds is 4. The third-order valence-electron chi connectivity index (χ3n) is 3.31. The third-order valence-corrected chi connectivity index (χ3v) is 4.25. The van der Waals surface area contributed by atoms with Crippen LogP contribution in [0.25, 0.3) is 0 Å². The third kappa shape index (κ3) is 3.16. The van der Waals surface area contributed by atoms with Gasteiger partial charge in [-0.15, -0.1) is 11.8 Å². The number of aliphatic carboxylic acids is 1. The molecule has 0 aromatic rings. The van der Waals surface area contributed by atoms with Gasteiger partial charge in [0.25, 0.3) is 0 Å². The second kappa shape index (κ2) is 5.60. The summed E-state index contributed by atoms with van der Waals surface area (Å²) in [7, 11) is 0. The van der Waals surface area contributed by atoms with Crippen molar-refractivity contribution in [2.24, 2.45) is 5.92 Å². The first-order valence-corrected chi connectivity index (χ1v) is 7.09. The molecule has 2 atom stereocenters. The number of thioether (sulfide) groups is 1. The van der Waals surface area contributed by atoms with Crippen molar-refractivity contribution in [1.29, 1.82) is 0 Å². The van der Waals surface area contributed by atoms with Crippen molar-refractivity contribution in [2.75, 3.05) is 18.2 Å². The lowest BCUT2D eigenvalue weighted by Gasteiger charge is -2.17. The zero-order valence-electron chi connectivity index (χ0n) is 9.92. The van der Waals surface area contributed by atoms with Crippen LogP contribution in [0.1, 0.15) is 19.3 Å². The van der Waals surface area contributed by atoms with E-state index in [9.17, 15) is 14.4 Å². The summed E-state index contributed by atoms with van der Waals surface area (Å²) in [6.07, 6.45) is 1.80. The van der Waals surface area contributed by atoms with E-state index in [4.69, 9.17) is 5.11 Å². The van der Waals surface area contributed by atoms with Crippen molar-refractivity contribution in [1.82, 2.24) is 10.2 Å². The number of hydrogen-bond donors (Lipinski definition) is 2. The molecule has 2 amide bonds. The van der Waals surface area contributed by atoms with Crippen molar-refractivity contribution in [3.63, 3.8) is 0 Å². The maximum Gasteiger partial charge on any atom is 0.306 e. The van der Waals surface area contributed by atoms with Gasteiger partial charge in [0.2, 0.25) is 11.8 Å². The first-order valence-electron chi connectivity index (χ1n) is 5.94. The van der Waals surface area contributed by atoms with Gasteiger partial charge in [0.05, 0.1) is 17.5 Å². The molecule has 1 aliphatic carbocycles. The summed E-state index contributed by atoms with van der Waals surface area (Å²) in [5.74, 6) is -0.337. The lowest BCUT2D eigenvalue weighted by molar-refractivity contribution is -0.141. The minimum atomic E-state index is -0.794. The van der Waals surface area contributed by atoms with Gasteiger partial charge in [-0.1, -0.05) is 0 Å². The van der Waals surface area contributed by atoms with Crippen molar-refractivity contribution in [3.05, 3.63) is 0 Å². The van der Waals surface area contributed by atoms with Crippen molar-refractivity contribution >= 4 is 29.5 Å². The molecule has 2 fully saturated rings. The number of hydrogen-bond acceptors (Lipinski definition) is 4. The Morgan fingerprint density at radius 1 is 1.44 bits per heavy atom. The Morgan fingerprint density at radius 2 is 2.22 bits per heavy atom. The van der Waals surface area contributed by atoms with Crippen LogP contribution in [0.3, 0.4) is 0 Å². The number of carboxylic acids is 1. The second-order valence-electron chi connectivity index (χ2n) is 4.68. The molecule has 0 radical (unpaired) electrons. The molecule has 0 bridgehead atoms. The normalized spacial score (nSPS) is 27.6. The SMILES string of the molecule is O=C(CN1CSCC1=O)N[C@H]1CC[C@@H](C(=O)O)C1. The van der Waals surface area contributed by atoms with E-state index < -0.39 is 5.97 Å². The average Bonchev–Trinajstić information content (AvgIpc) is 2.89. The maximum absolute atomic E-state index is 11.7. The molecule has 100 valence electrons. The van der Waals surface area contributed by atoms with E-state index in [1.165, 1.54) is 16.7 Å². The van der Waals surface area contributed by atoms with Gasteiger partial charge in [-0.3, -0.25) is 14.4 Å². The number of nitrogens with zero attached hydrogens (tertiary/aromatic N) is 1. The van der Waals surface area contributed by atoms with Crippen molar-refractivity contribution in [2.45, 2.75) is 25.3 Å². The van der Waals surface area contributed by atoms with Gasteiger partial charge in [-0.2, -0.15) is 0 Å². The van der Waals surface area contributed by atoms with Gasteiger partial charge in [-0.05, 0) is 19.3 Å². The number of carbonyl (C=O) groups is 3. The van der Waals surface area contributed by atoms with E-state index in [2.05, 4.69) is 5.32 Å². The fourth-order valence-corrected chi connectivity index (χ4v) is 3.23. The van der Waals surface area contributed by atoms with Gasteiger partial charge in [0.1, 0.15) is 6.54 Å². The molecule has 0 spiro atoms. The smallest absolute Gasteiger partial charge is 0.306 e. The summed E-state index contributed by atoms with van der Waals surface area (Å²) in [6.45, 7) is 0.0834. The largest absolute Gasteiger partial charge is 0.481 e. The number of carboxylic acid groups (broad SMARTS) is 1. The van der Waals surface area contributed by atoms with Gasteiger partial charge < -0.3 is 15.3 Å². The Bertz CT molecular complexity index is 374. The molecule has 2 N–H and O–H groups in total. The van der Waals surface area contributed by atoms with E-state index in [1.54, 1.807) is 0 Å². The van der Waals surface area contributed by atoms with Crippen molar-refractivity contribution < 1.29 is 19.5 Å². The molecule has 7 heteroatoms. The molecule has 1 saturated heterocycles. The fourth-order valence-electron chi connectivity index (χ4n) is 2.32. The number of nitrogens with one attached hydrogen (secondary N) is 1. The Hall–Kier alpha value is -1.24. The molecule has 1 heterocycles. The molecule has 2 aliphatic rings. The summed E-state index contributed by atoms with van der Waals surface area (Å²) in [4.78, 5) is 35.4. The van der Waals surface area contributed by atoms with Crippen LogP contribution in [-0.4, -0.2) is 52.0 Å². The van der Waals surface area contributed by atoms with E-state index in [0.717, 1.165) is 0 Å². The van der Waals surface area contributed by atoms with Gasteiger partial charge in [0.15, 0.2) is 0 Å². The quantitative estimate of drug-likeness (QED) is 0.745. The predicted octanol–water partition coefficient (Wildman–Crippen LogP) is -0.111. The van der Waals surface area contributed by atoms with Gasteiger partial charge >= 0.3 is 5.97 Å². The first-order chi connectivity index (χ1) is 8.56. The molecule has 6 nitrogen and oxygen atoms in total. The molecule has 1 aliphatic heterocycles. The Labute approximate surface area is 109 Å². The summed E-state index contributed by atoms with van der Waals surface area (Å²) in [6, 6.07) is -0.0658. The maximum atomic E-state index is 11.7. The molecule has 0 aromatic heterocycles. The fraction of sp³-hybridized carbons (Fsp3) is 0.727. The van der Waals surface area contributed by atoms with E-state index >= 15 is 0 Å². The highest BCUT2D eigenvalue weighted by atomic mass is 32.2. The predicted molar refractivity (Wildman–Crippen MR) is 65.9 cm³/mol. The zero-order chi connectivity index (χ0) is 13.1. The summed E-state index contributed by atoms with van der Waals surface area (Å²) < 4.78 is 0. The van der Waals surface area contributed by atoms with Crippen LogP contribution in [0.4, 0.5) is 0 Å². The minimum Gasteiger partial charge on any atom is -0.481 e. The van der Waals surface area contributed by atoms with Crippen LogP contribution in [0.5, 0.6) is 0 Å².